The zero-order valence-electron chi connectivity index (χ0n) is 10.8. The van der Waals surface area contributed by atoms with Crippen LogP contribution in [0, 0.1) is 0 Å². The van der Waals surface area contributed by atoms with Crippen molar-refractivity contribution in [3.8, 4) is 0 Å². The first-order chi connectivity index (χ1) is 9.36. The van der Waals surface area contributed by atoms with Gasteiger partial charge in [-0.2, -0.15) is 0 Å². The van der Waals surface area contributed by atoms with Crippen LogP contribution >= 0.6 is 15.9 Å². The molecule has 1 N–H and O–H groups in total. The lowest BCUT2D eigenvalue weighted by molar-refractivity contribution is 0.120. The molecule has 0 fully saturated rings. The maximum Gasteiger partial charge on any atom is 0.0727 e. The Bertz CT molecular complexity index is 487. The van der Waals surface area contributed by atoms with Crippen molar-refractivity contribution in [1.29, 1.82) is 0 Å². The topological polar surface area (TPSA) is 21.3 Å². The number of nitrogens with one attached hydrogen (secondary N) is 1. The Morgan fingerprint density at radius 2 is 1.68 bits per heavy atom. The zero-order chi connectivity index (χ0) is 13.3. The van der Waals surface area contributed by atoms with Crippen LogP contribution in [-0.2, 0) is 11.3 Å². The van der Waals surface area contributed by atoms with Crippen LogP contribution in [0.2, 0.25) is 0 Å². The van der Waals surface area contributed by atoms with Crippen molar-refractivity contribution < 1.29 is 4.74 Å². The van der Waals surface area contributed by atoms with Crippen molar-refractivity contribution in [2.75, 3.05) is 18.5 Å². The summed E-state index contributed by atoms with van der Waals surface area (Å²) in [7, 11) is 0. The molecule has 2 nitrogen and oxygen atoms in total. The molecule has 0 aromatic heterocycles. The predicted molar refractivity (Wildman–Crippen MR) is 83.3 cm³/mol. The molecule has 0 unspecified atom stereocenters. The second-order valence-corrected chi connectivity index (χ2v) is 5.14. The second kappa shape index (κ2) is 7.97. The highest BCUT2D eigenvalue weighted by Crippen LogP contribution is 2.16. The number of benzene rings is 2. The van der Waals surface area contributed by atoms with E-state index in [1.54, 1.807) is 0 Å². The third-order valence-corrected chi connectivity index (χ3v) is 3.56. The third-order valence-electron chi connectivity index (χ3n) is 2.78. The maximum atomic E-state index is 5.67. The highest BCUT2D eigenvalue weighted by molar-refractivity contribution is 9.10. The van der Waals surface area contributed by atoms with Gasteiger partial charge in [0, 0.05) is 23.3 Å². The molecule has 19 heavy (non-hydrogen) atoms. The molecule has 0 spiro atoms. The maximum absolute atomic E-state index is 5.67. The molecular weight excluding hydrogens is 302 g/mol. The number of halogens is 1. The number of hydrogen-bond acceptors (Lipinski definition) is 2. The van der Waals surface area contributed by atoms with Gasteiger partial charge in [-0.15, -0.1) is 0 Å². The highest BCUT2D eigenvalue weighted by atomic mass is 79.9. The molecule has 0 bridgehead atoms. The van der Waals surface area contributed by atoms with Gasteiger partial charge in [-0.25, -0.2) is 0 Å². The summed E-state index contributed by atoms with van der Waals surface area (Å²) in [6, 6.07) is 18.4. The van der Waals surface area contributed by atoms with E-state index in [1.165, 1.54) is 5.56 Å². The average Bonchev–Trinajstić information content (AvgIpc) is 2.45. The van der Waals surface area contributed by atoms with E-state index >= 15 is 0 Å². The molecule has 0 atom stereocenters. The fraction of sp³-hybridized carbons (Fsp3) is 0.250. The molecule has 0 radical (unpaired) electrons. The Hall–Kier alpha value is -1.32. The highest BCUT2D eigenvalue weighted by Gasteiger charge is 1.98. The molecule has 100 valence electrons. The van der Waals surface area contributed by atoms with Gasteiger partial charge in [0.25, 0.3) is 0 Å². The van der Waals surface area contributed by atoms with E-state index in [0.717, 1.165) is 29.7 Å². The molecule has 2 aromatic carbocycles. The van der Waals surface area contributed by atoms with Gasteiger partial charge in [0.2, 0.25) is 0 Å². The molecule has 0 aliphatic rings. The van der Waals surface area contributed by atoms with Crippen molar-refractivity contribution >= 4 is 21.6 Å². The van der Waals surface area contributed by atoms with Crippen LogP contribution in [0.1, 0.15) is 12.0 Å². The van der Waals surface area contributed by atoms with E-state index in [1.807, 2.05) is 36.4 Å². The lowest BCUT2D eigenvalue weighted by Gasteiger charge is -2.08. The summed E-state index contributed by atoms with van der Waals surface area (Å²) in [6.07, 6.45) is 0.999. The molecule has 2 aromatic rings. The summed E-state index contributed by atoms with van der Waals surface area (Å²) in [5.41, 5.74) is 2.35. The first-order valence-electron chi connectivity index (χ1n) is 6.46. The Morgan fingerprint density at radius 3 is 2.47 bits per heavy atom. The number of para-hydroxylation sites is 1. The van der Waals surface area contributed by atoms with Gasteiger partial charge in [-0.1, -0.05) is 52.3 Å². The van der Waals surface area contributed by atoms with Crippen LogP contribution in [0.3, 0.4) is 0 Å². The molecular formula is C16H18BrNO. The average molecular weight is 320 g/mol. The van der Waals surface area contributed by atoms with E-state index in [9.17, 15) is 0 Å². The van der Waals surface area contributed by atoms with Crippen LogP contribution in [0.25, 0.3) is 0 Å². The fourth-order valence-corrected chi connectivity index (χ4v) is 2.16. The van der Waals surface area contributed by atoms with Crippen molar-refractivity contribution in [1.82, 2.24) is 0 Å². The van der Waals surface area contributed by atoms with E-state index in [0.29, 0.717) is 6.61 Å². The third kappa shape index (κ3) is 5.05. The fourth-order valence-electron chi connectivity index (χ4n) is 1.76. The Balaban J connectivity index is 1.59. The minimum atomic E-state index is 0.659. The molecule has 0 aliphatic carbocycles. The minimum Gasteiger partial charge on any atom is -0.385 e. The largest absolute Gasteiger partial charge is 0.385 e. The molecule has 2 rings (SSSR count). The van der Waals surface area contributed by atoms with Crippen molar-refractivity contribution in [3.63, 3.8) is 0 Å². The Kier molecular flexibility index (Phi) is 5.92. The van der Waals surface area contributed by atoms with Gasteiger partial charge >= 0.3 is 0 Å². The van der Waals surface area contributed by atoms with Crippen LogP contribution in [0.15, 0.2) is 59.1 Å². The number of anilines is 1. The van der Waals surface area contributed by atoms with Crippen molar-refractivity contribution in [2.45, 2.75) is 13.0 Å². The van der Waals surface area contributed by atoms with Gasteiger partial charge in [0.15, 0.2) is 0 Å². The van der Waals surface area contributed by atoms with Crippen molar-refractivity contribution in [2.24, 2.45) is 0 Å². The first-order valence-corrected chi connectivity index (χ1v) is 7.25. The van der Waals surface area contributed by atoms with Gasteiger partial charge in [0.1, 0.15) is 0 Å². The van der Waals surface area contributed by atoms with E-state index in [2.05, 4.69) is 39.4 Å². The summed E-state index contributed by atoms with van der Waals surface area (Å²) in [4.78, 5) is 0. The van der Waals surface area contributed by atoms with E-state index in [4.69, 9.17) is 4.74 Å². The smallest absolute Gasteiger partial charge is 0.0727 e. The summed E-state index contributed by atoms with van der Waals surface area (Å²) in [6.45, 7) is 2.36. The van der Waals surface area contributed by atoms with Crippen molar-refractivity contribution in [3.05, 3.63) is 64.6 Å². The summed E-state index contributed by atoms with van der Waals surface area (Å²) >= 11 is 3.52. The number of rotatable bonds is 7. The lowest BCUT2D eigenvalue weighted by Crippen LogP contribution is -2.05. The zero-order valence-corrected chi connectivity index (χ0v) is 12.4. The summed E-state index contributed by atoms with van der Waals surface area (Å²) in [5.74, 6) is 0. The van der Waals surface area contributed by atoms with E-state index < -0.39 is 0 Å². The van der Waals surface area contributed by atoms with Crippen LogP contribution in [0.4, 0.5) is 5.69 Å². The summed E-state index contributed by atoms with van der Waals surface area (Å²) in [5, 5.41) is 3.37. The predicted octanol–water partition coefficient (Wildman–Crippen LogP) is 4.47. The van der Waals surface area contributed by atoms with Crippen LogP contribution < -0.4 is 5.32 Å². The molecule has 0 heterocycles. The van der Waals surface area contributed by atoms with E-state index in [-0.39, 0.29) is 0 Å². The monoisotopic (exact) mass is 319 g/mol. The minimum absolute atomic E-state index is 0.659. The van der Waals surface area contributed by atoms with Gasteiger partial charge in [0.05, 0.1) is 6.61 Å². The molecule has 0 aliphatic heterocycles. The second-order valence-electron chi connectivity index (χ2n) is 4.29. The first kappa shape index (κ1) is 14.1. The molecule has 0 saturated heterocycles. The van der Waals surface area contributed by atoms with Gasteiger partial charge in [-0.3, -0.25) is 0 Å². The Labute approximate surface area is 122 Å². The Morgan fingerprint density at radius 1 is 0.947 bits per heavy atom. The normalized spacial score (nSPS) is 10.4. The van der Waals surface area contributed by atoms with Gasteiger partial charge in [-0.05, 0) is 30.2 Å². The molecule has 3 heteroatoms. The number of ether oxygens (including phenoxy) is 1. The number of hydrogen-bond donors (Lipinski definition) is 1. The van der Waals surface area contributed by atoms with Crippen LogP contribution in [0.5, 0.6) is 0 Å². The standard InChI is InChI=1S/C16H18BrNO/c17-16-10-5-4-7-14(16)13-19-12-6-11-18-15-8-2-1-3-9-15/h1-5,7-10,18H,6,11-13H2. The summed E-state index contributed by atoms with van der Waals surface area (Å²) < 4.78 is 6.78. The molecule has 0 amide bonds. The lowest BCUT2D eigenvalue weighted by atomic mass is 10.2. The SMILES string of the molecule is Brc1ccccc1COCCCNc1ccccc1. The molecule has 0 saturated carbocycles. The quantitative estimate of drug-likeness (QED) is 0.760. The van der Waals surface area contributed by atoms with Gasteiger partial charge < -0.3 is 10.1 Å². The van der Waals surface area contributed by atoms with Crippen LogP contribution in [-0.4, -0.2) is 13.2 Å².